The van der Waals surface area contributed by atoms with Gasteiger partial charge in [0.25, 0.3) is 0 Å². The first-order chi connectivity index (χ1) is 8.97. The Morgan fingerprint density at radius 3 is 2.68 bits per heavy atom. The average molecular weight is 328 g/mol. The molecule has 0 saturated heterocycles. The number of rotatable bonds is 3. The molecule has 0 aromatic heterocycles. The van der Waals surface area contributed by atoms with Crippen molar-refractivity contribution in [2.24, 2.45) is 11.8 Å². The standard InChI is InChI=1S/C16H23BrFN/c1-10-4-7-16(11(2)8-10)19-12(3)13-5-6-15(18)14(17)9-13/h5-6,9-12,16,19H,4,7-8H2,1-3H3. The van der Waals surface area contributed by atoms with E-state index in [0.717, 1.165) is 17.4 Å². The van der Waals surface area contributed by atoms with Crippen LogP contribution in [0.4, 0.5) is 4.39 Å². The number of hydrogen-bond acceptors (Lipinski definition) is 1. The fraction of sp³-hybridized carbons (Fsp3) is 0.625. The summed E-state index contributed by atoms with van der Waals surface area (Å²) in [7, 11) is 0. The van der Waals surface area contributed by atoms with Crippen molar-refractivity contribution in [2.75, 3.05) is 0 Å². The zero-order valence-electron chi connectivity index (χ0n) is 11.9. The minimum absolute atomic E-state index is 0.198. The molecule has 1 aromatic carbocycles. The van der Waals surface area contributed by atoms with Crippen LogP contribution < -0.4 is 5.32 Å². The maximum Gasteiger partial charge on any atom is 0.137 e. The fourth-order valence-corrected chi connectivity index (χ4v) is 3.51. The van der Waals surface area contributed by atoms with Crippen LogP contribution in [0.3, 0.4) is 0 Å². The lowest BCUT2D eigenvalue weighted by molar-refractivity contribution is 0.216. The summed E-state index contributed by atoms with van der Waals surface area (Å²) in [4.78, 5) is 0. The summed E-state index contributed by atoms with van der Waals surface area (Å²) in [5.41, 5.74) is 1.14. The second-order valence-corrected chi connectivity index (χ2v) is 6.92. The zero-order valence-corrected chi connectivity index (χ0v) is 13.5. The largest absolute Gasteiger partial charge is 0.307 e. The first kappa shape index (κ1) is 15.0. The molecule has 3 heteroatoms. The highest BCUT2D eigenvalue weighted by molar-refractivity contribution is 9.10. The van der Waals surface area contributed by atoms with Gasteiger partial charge in [-0.25, -0.2) is 4.39 Å². The number of nitrogens with one attached hydrogen (secondary N) is 1. The van der Waals surface area contributed by atoms with Gasteiger partial charge in [0.15, 0.2) is 0 Å². The SMILES string of the molecule is CC1CCC(NC(C)c2ccc(F)c(Br)c2)C(C)C1. The Kier molecular flexibility index (Phi) is 5.02. The zero-order chi connectivity index (χ0) is 14.0. The van der Waals surface area contributed by atoms with E-state index in [1.54, 1.807) is 0 Å². The smallest absolute Gasteiger partial charge is 0.137 e. The van der Waals surface area contributed by atoms with E-state index in [2.05, 4.69) is 42.0 Å². The van der Waals surface area contributed by atoms with E-state index in [0.29, 0.717) is 10.5 Å². The summed E-state index contributed by atoms with van der Waals surface area (Å²) >= 11 is 3.26. The van der Waals surface area contributed by atoms with Crippen LogP contribution in [-0.4, -0.2) is 6.04 Å². The maximum absolute atomic E-state index is 13.3. The highest BCUT2D eigenvalue weighted by atomic mass is 79.9. The molecule has 0 amide bonds. The quantitative estimate of drug-likeness (QED) is 0.817. The Bertz CT molecular complexity index is 435. The Labute approximate surface area is 124 Å². The molecule has 2 rings (SSSR count). The van der Waals surface area contributed by atoms with Crippen LogP contribution in [0.5, 0.6) is 0 Å². The van der Waals surface area contributed by atoms with E-state index in [1.165, 1.54) is 25.3 Å². The van der Waals surface area contributed by atoms with E-state index in [4.69, 9.17) is 0 Å². The lowest BCUT2D eigenvalue weighted by Crippen LogP contribution is -2.40. The lowest BCUT2D eigenvalue weighted by Gasteiger charge is -2.35. The van der Waals surface area contributed by atoms with Gasteiger partial charge in [0, 0.05) is 12.1 Å². The molecule has 0 heterocycles. The van der Waals surface area contributed by atoms with Gasteiger partial charge >= 0.3 is 0 Å². The Hall–Kier alpha value is -0.410. The van der Waals surface area contributed by atoms with Crippen molar-refractivity contribution < 1.29 is 4.39 Å². The number of hydrogen-bond donors (Lipinski definition) is 1. The molecule has 106 valence electrons. The van der Waals surface area contributed by atoms with Gasteiger partial charge in [0.2, 0.25) is 0 Å². The van der Waals surface area contributed by atoms with E-state index in [9.17, 15) is 4.39 Å². The molecule has 1 aromatic rings. The predicted molar refractivity (Wildman–Crippen MR) is 81.6 cm³/mol. The first-order valence-electron chi connectivity index (χ1n) is 7.18. The van der Waals surface area contributed by atoms with Crippen LogP contribution in [0.1, 0.15) is 51.6 Å². The molecule has 1 saturated carbocycles. The number of benzene rings is 1. The summed E-state index contributed by atoms with van der Waals surface area (Å²) < 4.78 is 13.8. The molecule has 1 N–H and O–H groups in total. The van der Waals surface area contributed by atoms with Gasteiger partial charge < -0.3 is 5.32 Å². The van der Waals surface area contributed by atoms with E-state index in [1.807, 2.05) is 12.1 Å². The van der Waals surface area contributed by atoms with Crippen molar-refractivity contribution in [3.63, 3.8) is 0 Å². The molecular weight excluding hydrogens is 305 g/mol. The molecular formula is C16H23BrFN. The van der Waals surface area contributed by atoms with Gasteiger partial charge in [-0.05, 0) is 71.6 Å². The summed E-state index contributed by atoms with van der Waals surface area (Å²) in [6, 6.07) is 6.12. The van der Waals surface area contributed by atoms with Crippen molar-refractivity contribution in [2.45, 2.75) is 52.1 Å². The molecule has 0 radical (unpaired) electrons. The van der Waals surface area contributed by atoms with Gasteiger partial charge in [-0.1, -0.05) is 19.9 Å². The van der Waals surface area contributed by atoms with Crippen molar-refractivity contribution in [3.8, 4) is 0 Å². The second-order valence-electron chi connectivity index (χ2n) is 6.06. The molecule has 4 unspecified atom stereocenters. The normalized spacial score (nSPS) is 29.2. The van der Waals surface area contributed by atoms with E-state index >= 15 is 0 Å². The Balaban J connectivity index is 2.00. The molecule has 0 bridgehead atoms. The average Bonchev–Trinajstić information content (AvgIpc) is 2.36. The third kappa shape index (κ3) is 3.79. The van der Waals surface area contributed by atoms with E-state index in [-0.39, 0.29) is 11.9 Å². The van der Waals surface area contributed by atoms with Crippen LogP contribution in [0.2, 0.25) is 0 Å². The number of halogens is 2. The molecule has 4 atom stereocenters. The van der Waals surface area contributed by atoms with Gasteiger partial charge in [-0.3, -0.25) is 0 Å². The molecule has 1 nitrogen and oxygen atoms in total. The van der Waals surface area contributed by atoms with Crippen molar-refractivity contribution >= 4 is 15.9 Å². The molecule has 0 aliphatic heterocycles. The van der Waals surface area contributed by atoms with Gasteiger partial charge in [-0.2, -0.15) is 0 Å². The van der Waals surface area contributed by atoms with Crippen LogP contribution in [-0.2, 0) is 0 Å². The van der Waals surface area contributed by atoms with Gasteiger partial charge in [0.1, 0.15) is 5.82 Å². The lowest BCUT2D eigenvalue weighted by atomic mass is 9.79. The maximum atomic E-state index is 13.3. The second kappa shape index (κ2) is 6.36. The molecule has 19 heavy (non-hydrogen) atoms. The molecule has 1 aliphatic carbocycles. The van der Waals surface area contributed by atoms with Crippen molar-refractivity contribution in [1.82, 2.24) is 5.32 Å². The Morgan fingerprint density at radius 1 is 1.32 bits per heavy atom. The summed E-state index contributed by atoms with van der Waals surface area (Å²) in [6.07, 6.45) is 3.86. The summed E-state index contributed by atoms with van der Waals surface area (Å²) in [5, 5.41) is 3.71. The third-order valence-corrected chi connectivity index (χ3v) is 4.95. The van der Waals surface area contributed by atoms with Gasteiger partial charge in [0.05, 0.1) is 4.47 Å². The molecule has 0 spiro atoms. The third-order valence-electron chi connectivity index (χ3n) is 4.34. The minimum atomic E-state index is -0.198. The van der Waals surface area contributed by atoms with Crippen LogP contribution in [0, 0.1) is 17.7 Å². The summed E-state index contributed by atoms with van der Waals surface area (Å²) in [6.45, 7) is 6.83. The van der Waals surface area contributed by atoms with Crippen molar-refractivity contribution in [1.29, 1.82) is 0 Å². The van der Waals surface area contributed by atoms with Crippen LogP contribution >= 0.6 is 15.9 Å². The first-order valence-corrected chi connectivity index (χ1v) is 7.97. The predicted octanol–water partition coefficient (Wildman–Crippen LogP) is 5.06. The summed E-state index contributed by atoms with van der Waals surface area (Å²) in [5.74, 6) is 1.37. The Morgan fingerprint density at radius 2 is 2.05 bits per heavy atom. The molecule has 1 fully saturated rings. The van der Waals surface area contributed by atoms with Gasteiger partial charge in [-0.15, -0.1) is 0 Å². The minimum Gasteiger partial charge on any atom is -0.307 e. The topological polar surface area (TPSA) is 12.0 Å². The highest BCUT2D eigenvalue weighted by Gasteiger charge is 2.26. The van der Waals surface area contributed by atoms with Crippen molar-refractivity contribution in [3.05, 3.63) is 34.1 Å². The monoisotopic (exact) mass is 327 g/mol. The van der Waals surface area contributed by atoms with E-state index < -0.39 is 0 Å². The van der Waals surface area contributed by atoms with Crippen LogP contribution in [0.15, 0.2) is 22.7 Å². The fourth-order valence-electron chi connectivity index (χ4n) is 3.11. The highest BCUT2D eigenvalue weighted by Crippen LogP contribution is 2.30. The van der Waals surface area contributed by atoms with Crippen LogP contribution in [0.25, 0.3) is 0 Å². The molecule has 1 aliphatic rings.